The first-order chi connectivity index (χ1) is 17.3. The zero-order valence-corrected chi connectivity index (χ0v) is 22.2. The average Bonchev–Trinajstić information content (AvgIpc) is 3.36. The van der Waals surface area contributed by atoms with E-state index in [0.29, 0.717) is 10.7 Å². The number of aryl methyl sites for hydroxylation is 4. The molecule has 4 nitrogen and oxygen atoms in total. The van der Waals surface area contributed by atoms with Crippen LogP contribution in [0, 0.1) is 33.5 Å². The highest BCUT2D eigenvalue weighted by molar-refractivity contribution is 7.80. The number of rotatable bonds is 5. The summed E-state index contributed by atoms with van der Waals surface area (Å²) in [6.45, 7) is 10.5. The third kappa shape index (κ3) is 3.99. The summed E-state index contributed by atoms with van der Waals surface area (Å²) in [4.78, 5) is 6.79. The van der Waals surface area contributed by atoms with Gasteiger partial charge in [-0.3, -0.25) is 4.98 Å². The lowest BCUT2D eigenvalue weighted by Crippen LogP contribution is -2.29. The predicted molar refractivity (Wildman–Crippen MR) is 148 cm³/mol. The molecular formula is C30H31FN4S. The monoisotopic (exact) mass is 498 g/mol. The van der Waals surface area contributed by atoms with Crippen LogP contribution >= 0.6 is 12.2 Å². The van der Waals surface area contributed by atoms with Crippen molar-refractivity contribution in [2.24, 2.45) is 0 Å². The van der Waals surface area contributed by atoms with Crippen LogP contribution in [-0.2, 0) is 6.42 Å². The molecule has 0 bridgehead atoms. The van der Waals surface area contributed by atoms with E-state index in [4.69, 9.17) is 12.2 Å². The lowest BCUT2D eigenvalue weighted by atomic mass is 9.96. The van der Waals surface area contributed by atoms with Crippen LogP contribution in [0.2, 0.25) is 0 Å². The van der Waals surface area contributed by atoms with Gasteiger partial charge in [0.15, 0.2) is 5.11 Å². The Morgan fingerprint density at radius 2 is 1.78 bits per heavy atom. The van der Waals surface area contributed by atoms with Gasteiger partial charge in [-0.05, 0) is 105 Å². The van der Waals surface area contributed by atoms with Crippen LogP contribution in [0.1, 0.15) is 58.3 Å². The second-order valence-corrected chi connectivity index (χ2v) is 9.91. The van der Waals surface area contributed by atoms with Crippen LogP contribution < -0.4 is 10.2 Å². The summed E-state index contributed by atoms with van der Waals surface area (Å²) in [6.07, 6.45) is 2.77. The van der Waals surface area contributed by atoms with Crippen LogP contribution in [-0.4, -0.2) is 14.7 Å². The third-order valence-electron chi connectivity index (χ3n) is 7.23. The molecule has 2 atom stereocenters. The molecule has 1 saturated heterocycles. The van der Waals surface area contributed by atoms with Gasteiger partial charge in [0, 0.05) is 23.3 Å². The fourth-order valence-corrected chi connectivity index (χ4v) is 5.83. The number of halogens is 1. The Kier molecular flexibility index (Phi) is 6.39. The van der Waals surface area contributed by atoms with Crippen molar-refractivity contribution in [2.75, 3.05) is 4.90 Å². The number of hydrogen-bond donors (Lipinski definition) is 1. The number of aromatic nitrogens is 2. The van der Waals surface area contributed by atoms with E-state index in [9.17, 15) is 4.39 Å². The van der Waals surface area contributed by atoms with Gasteiger partial charge in [-0.2, -0.15) is 0 Å². The normalized spacial score (nSPS) is 17.5. The maximum Gasteiger partial charge on any atom is 0.174 e. The molecule has 0 unspecified atom stereocenters. The summed E-state index contributed by atoms with van der Waals surface area (Å²) >= 11 is 5.88. The van der Waals surface area contributed by atoms with Gasteiger partial charge in [-0.25, -0.2) is 4.39 Å². The van der Waals surface area contributed by atoms with Crippen molar-refractivity contribution < 1.29 is 4.39 Å². The number of thiocarbonyl (C=S) groups is 1. The molecule has 3 heterocycles. The van der Waals surface area contributed by atoms with Gasteiger partial charge in [-0.15, -0.1) is 0 Å². The molecule has 36 heavy (non-hydrogen) atoms. The van der Waals surface area contributed by atoms with Gasteiger partial charge in [0.05, 0.1) is 23.5 Å². The first-order valence-corrected chi connectivity index (χ1v) is 12.8. The van der Waals surface area contributed by atoms with Crippen molar-refractivity contribution in [1.29, 1.82) is 0 Å². The molecule has 4 aromatic rings. The van der Waals surface area contributed by atoms with E-state index >= 15 is 0 Å². The number of hydrogen-bond acceptors (Lipinski definition) is 2. The molecule has 1 aliphatic heterocycles. The molecular weight excluding hydrogens is 467 g/mol. The van der Waals surface area contributed by atoms with Gasteiger partial charge < -0.3 is 14.8 Å². The second-order valence-electron chi connectivity index (χ2n) is 9.53. The van der Waals surface area contributed by atoms with Crippen molar-refractivity contribution in [2.45, 2.75) is 53.1 Å². The topological polar surface area (TPSA) is 33.1 Å². The fourth-order valence-electron chi connectivity index (χ4n) is 5.48. The number of benzene rings is 2. The second kappa shape index (κ2) is 9.51. The molecule has 0 aliphatic carbocycles. The standard InChI is InChI=1S/C30H31FN4S/c1-6-22-11-9-10-18(2)28(22)34-20(4)17-24(21(34)5)29-27(26-12-7-8-15-32-26)33-30(36)35(29)23-13-14-25(31)19(3)16-23/h7-17,27,29H,6H2,1-5H3,(H,33,36)/t27-,29+/m1/s1. The van der Waals surface area contributed by atoms with E-state index in [1.807, 2.05) is 30.5 Å². The molecule has 1 aliphatic rings. The van der Waals surface area contributed by atoms with Crippen molar-refractivity contribution in [3.63, 3.8) is 0 Å². The number of nitrogens with one attached hydrogen (secondary N) is 1. The van der Waals surface area contributed by atoms with E-state index in [-0.39, 0.29) is 17.9 Å². The van der Waals surface area contributed by atoms with Crippen LogP contribution in [0.25, 0.3) is 5.69 Å². The predicted octanol–water partition coefficient (Wildman–Crippen LogP) is 6.98. The molecule has 0 spiro atoms. The molecule has 2 aromatic heterocycles. The summed E-state index contributed by atoms with van der Waals surface area (Å²) in [7, 11) is 0. The zero-order valence-electron chi connectivity index (χ0n) is 21.3. The summed E-state index contributed by atoms with van der Waals surface area (Å²) in [5.74, 6) is -0.223. The Morgan fingerprint density at radius 3 is 2.47 bits per heavy atom. The van der Waals surface area contributed by atoms with Crippen molar-refractivity contribution in [3.8, 4) is 5.69 Å². The minimum atomic E-state index is -0.223. The van der Waals surface area contributed by atoms with E-state index in [1.54, 1.807) is 13.0 Å². The first kappa shape index (κ1) is 24.2. The van der Waals surface area contributed by atoms with E-state index in [2.05, 4.69) is 71.7 Å². The highest BCUT2D eigenvalue weighted by atomic mass is 32.1. The van der Waals surface area contributed by atoms with Crippen molar-refractivity contribution >= 4 is 23.0 Å². The maximum absolute atomic E-state index is 14.2. The molecule has 0 amide bonds. The summed E-state index contributed by atoms with van der Waals surface area (Å²) in [5.41, 5.74) is 9.68. The number of anilines is 1. The minimum Gasteiger partial charge on any atom is -0.351 e. The van der Waals surface area contributed by atoms with Gasteiger partial charge in [0.1, 0.15) is 5.82 Å². The Hall–Kier alpha value is -3.51. The Balaban J connectivity index is 1.72. The number of para-hydroxylation sites is 1. The number of pyridine rings is 1. The smallest absolute Gasteiger partial charge is 0.174 e. The minimum absolute atomic E-state index is 0.147. The lowest BCUT2D eigenvalue weighted by Gasteiger charge is -2.28. The van der Waals surface area contributed by atoms with Crippen LogP contribution in [0.15, 0.2) is 66.9 Å². The lowest BCUT2D eigenvalue weighted by molar-refractivity contribution is 0.564. The molecule has 2 aromatic carbocycles. The Bertz CT molecular complexity index is 1440. The Labute approximate surface area is 217 Å². The molecule has 184 valence electrons. The van der Waals surface area contributed by atoms with E-state index < -0.39 is 0 Å². The third-order valence-corrected chi connectivity index (χ3v) is 7.55. The van der Waals surface area contributed by atoms with Crippen molar-refractivity contribution in [1.82, 2.24) is 14.9 Å². The van der Waals surface area contributed by atoms with Gasteiger partial charge >= 0.3 is 0 Å². The number of nitrogens with zero attached hydrogens (tertiary/aromatic N) is 3. The van der Waals surface area contributed by atoms with Gasteiger partial charge in [0.25, 0.3) is 0 Å². The van der Waals surface area contributed by atoms with Crippen LogP contribution in [0.3, 0.4) is 0 Å². The fraction of sp³-hybridized carbons (Fsp3) is 0.267. The molecule has 6 heteroatoms. The summed E-state index contributed by atoms with van der Waals surface area (Å²) < 4.78 is 16.6. The zero-order chi connectivity index (χ0) is 25.6. The average molecular weight is 499 g/mol. The summed E-state index contributed by atoms with van der Waals surface area (Å²) in [6, 6.07) is 19.6. The van der Waals surface area contributed by atoms with Gasteiger partial charge in [0.2, 0.25) is 0 Å². The molecule has 1 N–H and O–H groups in total. The van der Waals surface area contributed by atoms with Crippen LogP contribution in [0.5, 0.6) is 0 Å². The first-order valence-electron chi connectivity index (χ1n) is 12.4. The van der Waals surface area contributed by atoms with Crippen molar-refractivity contribution in [3.05, 3.63) is 112 Å². The highest BCUT2D eigenvalue weighted by Gasteiger charge is 2.42. The Morgan fingerprint density at radius 1 is 0.972 bits per heavy atom. The van der Waals surface area contributed by atoms with Crippen LogP contribution in [0.4, 0.5) is 10.1 Å². The largest absolute Gasteiger partial charge is 0.351 e. The quantitative estimate of drug-likeness (QED) is 0.301. The highest BCUT2D eigenvalue weighted by Crippen LogP contribution is 2.44. The van der Waals surface area contributed by atoms with E-state index in [1.165, 1.54) is 34.1 Å². The summed E-state index contributed by atoms with van der Waals surface area (Å²) in [5, 5.41) is 4.13. The van der Waals surface area contributed by atoms with E-state index in [0.717, 1.165) is 23.5 Å². The maximum atomic E-state index is 14.2. The molecule has 1 fully saturated rings. The molecule has 0 radical (unpaired) electrons. The molecule has 0 saturated carbocycles. The SMILES string of the molecule is CCc1cccc(C)c1-n1c(C)cc([C@H]2[C@@H](c3ccccn3)NC(=S)N2c2ccc(F)c(C)c2)c1C. The molecule has 5 rings (SSSR count). The van der Waals surface area contributed by atoms with Gasteiger partial charge in [-0.1, -0.05) is 31.2 Å².